The van der Waals surface area contributed by atoms with Gasteiger partial charge in [-0.15, -0.1) is 11.3 Å². The lowest BCUT2D eigenvalue weighted by atomic mass is 9.92. The minimum atomic E-state index is 0.906. The summed E-state index contributed by atoms with van der Waals surface area (Å²) in [5.41, 5.74) is 16.2. The molecule has 0 aliphatic heterocycles. The molecule has 0 saturated carbocycles. The first kappa shape index (κ1) is 32.9. The van der Waals surface area contributed by atoms with Gasteiger partial charge in [0, 0.05) is 58.1 Å². The Bertz CT molecular complexity index is 4390. The van der Waals surface area contributed by atoms with Gasteiger partial charge in [0.2, 0.25) is 0 Å². The summed E-state index contributed by atoms with van der Waals surface area (Å²) in [6.45, 7) is 0. The molecule has 4 heteroatoms. The molecule has 62 heavy (non-hydrogen) atoms. The topological polar surface area (TPSA) is 22.0 Å². The van der Waals surface area contributed by atoms with E-state index < -0.39 is 0 Å². The molecule has 5 aromatic heterocycles. The number of fused-ring (bicyclic) bond motifs is 13. The molecule has 0 bridgehead atoms. The van der Waals surface area contributed by atoms with Crippen LogP contribution in [-0.2, 0) is 0 Å². The van der Waals surface area contributed by atoms with Gasteiger partial charge in [0.15, 0.2) is 0 Å². The highest BCUT2D eigenvalue weighted by molar-refractivity contribution is 7.26. The number of nitrogens with zero attached hydrogens (tertiary/aromatic N) is 2. The van der Waals surface area contributed by atoms with Crippen molar-refractivity contribution in [3.05, 3.63) is 194 Å². The maximum atomic E-state index is 6.66. The first-order chi connectivity index (χ1) is 30.8. The molecule has 0 N–H and O–H groups in total. The third-order valence-electron chi connectivity index (χ3n) is 13.6. The number of furan rings is 1. The number of benzene rings is 10. The lowest BCUT2D eigenvalue weighted by Crippen LogP contribution is -1.95. The zero-order valence-electron chi connectivity index (χ0n) is 33.2. The lowest BCUT2D eigenvalue weighted by Gasteiger charge is -2.14. The second-order valence-electron chi connectivity index (χ2n) is 16.8. The summed E-state index contributed by atoms with van der Waals surface area (Å²) >= 11 is 1.92. The number of hydrogen-bond donors (Lipinski definition) is 0. The third kappa shape index (κ3) is 4.19. The van der Waals surface area contributed by atoms with Crippen LogP contribution >= 0.6 is 11.3 Å². The van der Waals surface area contributed by atoms with Gasteiger partial charge in [-0.25, -0.2) is 0 Å². The zero-order valence-corrected chi connectivity index (χ0v) is 34.0. The summed E-state index contributed by atoms with van der Waals surface area (Å²) in [7, 11) is 0. The van der Waals surface area contributed by atoms with E-state index >= 15 is 0 Å². The van der Waals surface area contributed by atoms with E-state index in [0.29, 0.717) is 0 Å². The molecule has 15 rings (SSSR count). The SMILES string of the molecule is c1ccc(-c2cc(-c3cccc4c3oc3ccccc34)cc(-c3ccc4c5c3sc3ccc6c7ccccc7n(c7cc8ccccc8c8c9ccccc9n4c87)c6c35)c2)cc1. The van der Waals surface area contributed by atoms with Crippen molar-refractivity contribution in [2.24, 2.45) is 0 Å². The van der Waals surface area contributed by atoms with E-state index in [0.717, 1.165) is 33.1 Å². The highest BCUT2D eigenvalue weighted by atomic mass is 32.1. The van der Waals surface area contributed by atoms with E-state index in [-0.39, 0.29) is 0 Å². The average molecular weight is 805 g/mol. The van der Waals surface area contributed by atoms with Crippen LogP contribution < -0.4 is 0 Å². The van der Waals surface area contributed by atoms with Crippen LogP contribution in [0.25, 0.3) is 141 Å². The minimum Gasteiger partial charge on any atom is -0.455 e. The fourth-order valence-electron chi connectivity index (χ4n) is 11.0. The van der Waals surface area contributed by atoms with Crippen molar-refractivity contribution in [2.45, 2.75) is 0 Å². The quantitative estimate of drug-likeness (QED) is 0.174. The molecule has 3 nitrogen and oxygen atoms in total. The predicted octanol–water partition coefficient (Wildman–Crippen LogP) is 16.7. The molecule has 0 radical (unpaired) electrons. The molecule has 0 saturated heterocycles. The number of thiophene rings is 1. The van der Waals surface area contributed by atoms with Gasteiger partial charge in [0.1, 0.15) is 11.2 Å². The van der Waals surface area contributed by atoms with Crippen LogP contribution in [0, 0.1) is 0 Å². The van der Waals surface area contributed by atoms with E-state index in [1.165, 1.54) is 108 Å². The molecule has 5 heterocycles. The van der Waals surface area contributed by atoms with Crippen molar-refractivity contribution < 1.29 is 4.42 Å². The van der Waals surface area contributed by atoms with Gasteiger partial charge in [-0.3, -0.25) is 0 Å². The van der Waals surface area contributed by atoms with Gasteiger partial charge in [0.05, 0.1) is 33.1 Å². The Morgan fingerprint density at radius 1 is 0.355 bits per heavy atom. The fraction of sp³-hybridized carbons (Fsp3) is 0. The lowest BCUT2D eigenvalue weighted by molar-refractivity contribution is 0.670. The van der Waals surface area contributed by atoms with E-state index in [9.17, 15) is 0 Å². The summed E-state index contributed by atoms with van der Waals surface area (Å²) in [5.74, 6) is 0. The fourth-order valence-corrected chi connectivity index (χ4v) is 12.3. The van der Waals surface area contributed by atoms with Crippen LogP contribution in [-0.4, -0.2) is 8.80 Å². The second kappa shape index (κ2) is 11.9. The van der Waals surface area contributed by atoms with Crippen molar-refractivity contribution in [3.63, 3.8) is 0 Å². The molecule has 0 unspecified atom stereocenters. The van der Waals surface area contributed by atoms with Gasteiger partial charge in [-0.05, 0) is 93.2 Å². The van der Waals surface area contributed by atoms with Crippen molar-refractivity contribution >= 4 is 119 Å². The molecule has 0 aliphatic carbocycles. The number of aromatic nitrogens is 2. The number of para-hydroxylation sites is 4. The van der Waals surface area contributed by atoms with E-state index in [1.54, 1.807) is 0 Å². The van der Waals surface area contributed by atoms with Crippen LogP contribution in [0.1, 0.15) is 0 Å². The number of rotatable bonds is 3. The van der Waals surface area contributed by atoms with Crippen molar-refractivity contribution in [3.8, 4) is 33.4 Å². The molecular weight excluding hydrogens is 773 g/mol. The molecule has 0 fully saturated rings. The van der Waals surface area contributed by atoms with Crippen molar-refractivity contribution in [2.75, 3.05) is 0 Å². The standard InChI is InChI=1S/C58H32N2OS/c1-2-13-33(14-3-1)35-29-36(39-20-12-21-44-42-18-8-11-24-50(42)61-57(39)44)31-37(30-35)40-25-27-48-53-54-51(62-58(40)53)28-26-43-41-17-6-9-22-46(41)60(55(43)54)49-32-34-15-4-5-16-38(34)52-45-19-7-10-23-47(45)59(48)56(49)52/h1-32H. The maximum absolute atomic E-state index is 6.66. The van der Waals surface area contributed by atoms with Gasteiger partial charge >= 0.3 is 0 Å². The second-order valence-corrected chi connectivity index (χ2v) is 17.8. The largest absolute Gasteiger partial charge is 0.455 e. The van der Waals surface area contributed by atoms with Crippen molar-refractivity contribution in [1.29, 1.82) is 0 Å². The van der Waals surface area contributed by atoms with Gasteiger partial charge in [-0.2, -0.15) is 0 Å². The van der Waals surface area contributed by atoms with Crippen molar-refractivity contribution in [1.82, 2.24) is 8.80 Å². The summed E-state index contributed by atoms with van der Waals surface area (Å²) in [4.78, 5) is 0. The van der Waals surface area contributed by atoms with Gasteiger partial charge in [-0.1, -0.05) is 140 Å². The summed E-state index contributed by atoms with van der Waals surface area (Å²) in [6.07, 6.45) is 0. The average Bonchev–Trinajstić information content (AvgIpc) is 4.09. The molecule has 0 atom stereocenters. The summed E-state index contributed by atoms with van der Waals surface area (Å²) < 4.78 is 14.4. The Hall–Kier alpha value is -7.92. The molecule has 10 aromatic carbocycles. The highest BCUT2D eigenvalue weighted by Crippen LogP contribution is 2.50. The molecular formula is C58H32N2OS. The van der Waals surface area contributed by atoms with E-state index in [4.69, 9.17) is 4.42 Å². The molecule has 286 valence electrons. The Morgan fingerprint density at radius 3 is 1.90 bits per heavy atom. The molecule has 0 aliphatic rings. The first-order valence-corrected chi connectivity index (χ1v) is 22.1. The first-order valence-electron chi connectivity index (χ1n) is 21.3. The maximum Gasteiger partial charge on any atom is 0.143 e. The van der Waals surface area contributed by atoms with Crippen LogP contribution in [0.4, 0.5) is 0 Å². The van der Waals surface area contributed by atoms with E-state index in [2.05, 4.69) is 197 Å². The smallest absolute Gasteiger partial charge is 0.143 e. The summed E-state index contributed by atoms with van der Waals surface area (Å²) in [6, 6.07) is 71.7. The number of hydrogen-bond acceptors (Lipinski definition) is 2. The van der Waals surface area contributed by atoms with Gasteiger partial charge in [0.25, 0.3) is 0 Å². The van der Waals surface area contributed by atoms with E-state index in [1.807, 2.05) is 17.4 Å². The third-order valence-corrected chi connectivity index (χ3v) is 14.8. The van der Waals surface area contributed by atoms with Gasteiger partial charge < -0.3 is 13.2 Å². The molecule has 15 aromatic rings. The zero-order chi connectivity index (χ0) is 40.2. The van der Waals surface area contributed by atoms with Crippen LogP contribution in [0.5, 0.6) is 0 Å². The predicted molar refractivity (Wildman–Crippen MR) is 264 cm³/mol. The Morgan fingerprint density at radius 2 is 1.03 bits per heavy atom. The Kier molecular flexibility index (Phi) is 6.30. The monoisotopic (exact) mass is 804 g/mol. The Labute approximate surface area is 357 Å². The van der Waals surface area contributed by atoms with Crippen LogP contribution in [0.3, 0.4) is 0 Å². The minimum absolute atomic E-state index is 0.906. The normalized spacial score (nSPS) is 12.5. The van der Waals surface area contributed by atoms with Crippen LogP contribution in [0.2, 0.25) is 0 Å². The highest BCUT2D eigenvalue weighted by Gasteiger charge is 2.25. The van der Waals surface area contributed by atoms with Crippen LogP contribution in [0.15, 0.2) is 199 Å². The summed E-state index contributed by atoms with van der Waals surface area (Å²) in [5, 5.41) is 12.5. The Balaban J connectivity index is 1.14. The molecule has 0 spiro atoms. The molecule has 0 amide bonds.